The van der Waals surface area contributed by atoms with Gasteiger partial charge in [-0.25, -0.2) is 4.79 Å². The van der Waals surface area contributed by atoms with Crippen molar-refractivity contribution in [1.82, 2.24) is 4.90 Å². The van der Waals surface area contributed by atoms with Crippen molar-refractivity contribution < 1.29 is 28.9 Å². The van der Waals surface area contributed by atoms with Gasteiger partial charge in [-0.05, 0) is 47.5 Å². The van der Waals surface area contributed by atoms with Crippen molar-refractivity contribution in [2.45, 2.75) is 31.8 Å². The molecule has 0 aromatic heterocycles. The van der Waals surface area contributed by atoms with Crippen LogP contribution in [0.5, 0.6) is 17.2 Å². The Bertz CT molecular complexity index is 1090. The highest BCUT2D eigenvalue weighted by atomic mass is 16.6. The van der Waals surface area contributed by atoms with Crippen molar-refractivity contribution in [1.29, 1.82) is 0 Å². The predicted molar refractivity (Wildman–Crippen MR) is 131 cm³/mol. The van der Waals surface area contributed by atoms with Crippen molar-refractivity contribution in [3.8, 4) is 17.2 Å². The molecule has 1 fully saturated rings. The normalized spacial score (nSPS) is 13.8. The van der Waals surface area contributed by atoms with Crippen molar-refractivity contribution in [3.05, 3.63) is 90.0 Å². The summed E-state index contributed by atoms with van der Waals surface area (Å²) in [6.45, 7) is 1.68. The lowest BCUT2D eigenvalue weighted by molar-refractivity contribution is -0.136. The van der Waals surface area contributed by atoms with E-state index in [1.165, 1.54) is 0 Å². The minimum atomic E-state index is -0.859. The molecule has 7 nitrogen and oxygen atoms in total. The first-order valence-corrected chi connectivity index (χ1v) is 11.8. The maximum Gasteiger partial charge on any atom is 0.415 e. The third-order valence-corrected chi connectivity index (χ3v) is 5.81. The van der Waals surface area contributed by atoms with E-state index in [1.807, 2.05) is 42.5 Å². The Balaban J connectivity index is 1.17. The molecule has 3 aromatic carbocycles. The number of carbonyl (C=O) groups is 2. The highest BCUT2D eigenvalue weighted by molar-refractivity contribution is 5.71. The molecule has 35 heavy (non-hydrogen) atoms. The number of carboxylic acid groups (broad SMARTS) is 1. The Kier molecular flexibility index (Phi) is 8.22. The van der Waals surface area contributed by atoms with Crippen LogP contribution in [0.4, 0.5) is 4.79 Å². The third-order valence-electron chi connectivity index (χ3n) is 5.81. The molecule has 182 valence electrons. The van der Waals surface area contributed by atoms with Crippen LogP contribution < -0.4 is 14.2 Å². The second kappa shape index (κ2) is 11.9. The Labute approximate surface area is 204 Å². The van der Waals surface area contributed by atoms with Gasteiger partial charge in [-0.2, -0.15) is 0 Å². The quantitative estimate of drug-likeness (QED) is 0.470. The number of likely N-dealkylation sites (tertiary alicyclic amines) is 1. The zero-order chi connectivity index (χ0) is 24.5. The number of piperidine rings is 1. The minimum Gasteiger partial charge on any atom is -0.493 e. The second-order valence-electron chi connectivity index (χ2n) is 8.44. The summed E-state index contributed by atoms with van der Waals surface area (Å²) in [4.78, 5) is 25.0. The summed E-state index contributed by atoms with van der Waals surface area (Å²) in [6.07, 6.45) is 1.80. The minimum absolute atomic E-state index is 0.00163. The molecule has 7 heteroatoms. The van der Waals surface area contributed by atoms with E-state index < -0.39 is 5.97 Å². The van der Waals surface area contributed by atoms with Gasteiger partial charge in [0.15, 0.2) is 0 Å². The highest BCUT2D eigenvalue weighted by Gasteiger charge is 2.25. The summed E-state index contributed by atoms with van der Waals surface area (Å²) >= 11 is 0. The zero-order valence-corrected chi connectivity index (χ0v) is 19.5. The van der Waals surface area contributed by atoms with Gasteiger partial charge in [0.25, 0.3) is 0 Å². The van der Waals surface area contributed by atoms with E-state index in [9.17, 15) is 9.59 Å². The number of nitrogens with zero attached hydrogens (tertiary/aromatic N) is 1. The number of hydrogen-bond donors (Lipinski definition) is 1. The number of benzene rings is 3. The van der Waals surface area contributed by atoms with Gasteiger partial charge in [0.05, 0.1) is 13.0 Å². The monoisotopic (exact) mass is 475 g/mol. The third kappa shape index (κ3) is 7.50. The molecule has 1 aliphatic rings. The average molecular weight is 476 g/mol. The lowest BCUT2D eigenvalue weighted by Crippen LogP contribution is -2.43. The zero-order valence-electron chi connectivity index (χ0n) is 19.5. The van der Waals surface area contributed by atoms with Gasteiger partial charge in [-0.3, -0.25) is 4.79 Å². The van der Waals surface area contributed by atoms with Crippen LogP contribution in [-0.4, -0.2) is 47.9 Å². The number of amides is 1. The second-order valence-corrected chi connectivity index (χ2v) is 8.44. The molecule has 0 spiro atoms. The Morgan fingerprint density at radius 2 is 1.43 bits per heavy atom. The summed E-state index contributed by atoms with van der Waals surface area (Å²) in [6, 6.07) is 24.3. The van der Waals surface area contributed by atoms with Crippen LogP contribution >= 0.6 is 0 Å². The topological polar surface area (TPSA) is 85.3 Å². The fraction of sp³-hybridized carbons (Fsp3) is 0.286. The highest BCUT2D eigenvalue weighted by Crippen LogP contribution is 2.21. The molecule has 1 aliphatic heterocycles. The molecule has 1 heterocycles. The van der Waals surface area contributed by atoms with Crippen LogP contribution in [0, 0.1) is 0 Å². The van der Waals surface area contributed by atoms with Crippen LogP contribution in [0.25, 0.3) is 0 Å². The molecule has 0 radical (unpaired) electrons. The Hall–Kier alpha value is -4.00. The predicted octanol–water partition coefficient (Wildman–Crippen LogP) is 4.98. The molecular weight excluding hydrogens is 446 g/mol. The van der Waals surface area contributed by atoms with E-state index in [4.69, 9.17) is 19.3 Å². The Morgan fingerprint density at radius 3 is 2.09 bits per heavy atom. The molecule has 0 bridgehead atoms. The molecule has 1 amide bonds. The Morgan fingerprint density at radius 1 is 0.800 bits per heavy atom. The van der Waals surface area contributed by atoms with Gasteiger partial charge in [-0.1, -0.05) is 42.5 Å². The number of carboxylic acids is 1. The summed E-state index contributed by atoms with van der Waals surface area (Å²) in [5, 5.41) is 8.86. The van der Waals surface area contributed by atoms with Crippen molar-refractivity contribution >= 4 is 12.1 Å². The maximum absolute atomic E-state index is 12.6. The lowest BCUT2D eigenvalue weighted by Gasteiger charge is -2.31. The van der Waals surface area contributed by atoms with E-state index in [0.717, 1.165) is 23.3 Å². The van der Waals surface area contributed by atoms with Crippen LogP contribution in [0.15, 0.2) is 78.9 Å². The molecule has 0 saturated carbocycles. The van der Waals surface area contributed by atoms with Crippen molar-refractivity contribution in [3.63, 3.8) is 0 Å². The molecule has 3 aromatic rings. The number of ether oxygens (including phenoxy) is 3. The standard InChI is InChI=1S/C28H29NO6/c30-27(31)20-22-8-12-24(13-9-22)34-26-14-17-29(18-15-26)28(32)35-25-10-6-21(7-11-25)16-19-33-23-4-2-1-3-5-23/h1-13,26H,14-20H2,(H,30,31). The largest absolute Gasteiger partial charge is 0.493 e. The molecule has 1 saturated heterocycles. The van der Waals surface area contributed by atoms with Gasteiger partial charge in [0, 0.05) is 32.4 Å². The van der Waals surface area contributed by atoms with Crippen LogP contribution in [-0.2, 0) is 17.6 Å². The summed E-state index contributed by atoms with van der Waals surface area (Å²) < 4.78 is 17.3. The van der Waals surface area contributed by atoms with Gasteiger partial charge in [0.2, 0.25) is 0 Å². The first kappa shape index (κ1) is 24.1. The van der Waals surface area contributed by atoms with Crippen molar-refractivity contribution in [2.24, 2.45) is 0 Å². The number of carbonyl (C=O) groups excluding carboxylic acids is 1. The SMILES string of the molecule is O=C(O)Cc1ccc(OC2CCN(C(=O)Oc3ccc(CCOc4ccccc4)cc3)CC2)cc1. The fourth-order valence-electron chi connectivity index (χ4n) is 3.90. The molecular formula is C28H29NO6. The van der Waals surface area contributed by atoms with Crippen LogP contribution in [0.3, 0.4) is 0 Å². The van der Waals surface area contributed by atoms with Gasteiger partial charge in [0.1, 0.15) is 23.4 Å². The van der Waals surface area contributed by atoms with Crippen molar-refractivity contribution in [2.75, 3.05) is 19.7 Å². The molecule has 4 rings (SSSR count). The first-order valence-electron chi connectivity index (χ1n) is 11.8. The number of rotatable bonds is 9. The molecule has 0 unspecified atom stereocenters. The molecule has 0 aliphatic carbocycles. The van der Waals surface area contributed by atoms with Gasteiger partial charge < -0.3 is 24.2 Å². The van der Waals surface area contributed by atoms with Crippen LogP contribution in [0.1, 0.15) is 24.0 Å². The maximum atomic E-state index is 12.6. The fourth-order valence-corrected chi connectivity index (χ4v) is 3.90. The van der Waals surface area contributed by atoms with Gasteiger partial charge >= 0.3 is 12.1 Å². The number of para-hydroxylation sites is 1. The summed E-state index contributed by atoms with van der Waals surface area (Å²) in [7, 11) is 0. The summed E-state index contributed by atoms with van der Waals surface area (Å²) in [5.74, 6) is 1.21. The molecule has 0 atom stereocenters. The van der Waals surface area contributed by atoms with Crippen LogP contribution in [0.2, 0.25) is 0 Å². The van der Waals surface area contributed by atoms with E-state index in [2.05, 4.69) is 0 Å². The number of hydrogen-bond acceptors (Lipinski definition) is 5. The smallest absolute Gasteiger partial charge is 0.415 e. The van der Waals surface area contributed by atoms with Gasteiger partial charge in [-0.15, -0.1) is 0 Å². The van der Waals surface area contributed by atoms with E-state index >= 15 is 0 Å². The molecule has 1 N–H and O–H groups in total. The first-order chi connectivity index (χ1) is 17.0. The summed E-state index contributed by atoms with van der Waals surface area (Å²) in [5.41, 5.74) is 1.84. The number of aliphatic carboxylic acids is 1. The van der Waals surface area contributed by atoms with E-state index in [1.54, 1.807) is 41.3 Å². The van der Waals surface area contributed by atoms with E-state index in [-0.39, 0.29) is 18.6 Å². The van der Waals surface area contributed by atoms with E-state index in [0.29, 0.717) is 44.0 Å². The average Bonchev–Trinajstić information content (AvgIpc) is 2.87. The lowest BCUT2D eigenvalue weighted by atomic mass is 10.1.